The van der Waals surface area contributed by atoms with E-state index in [0.29, 0.717) is 10.7 Å². The summed E-state index contributed by atoms with van der Waals surface area (Å²) in [5.41, 5.74) is 0. The van der Waals surface area contributed by atoms with Gasteiger partial charge in [-0.2, -0.15) is 11.8 Å². The Kier molecular flexibility index (Phi) is 11.8. The number of thioether (sulfide) groups is 1. The molecule has 2 fully saturated rings. The van der Waals surface area contributed by atoms with E-state index in [1.165, 1.54) is 44.3 Å². The number of rotatable bonds is 7. The molecule has 0 radical (unpaired) electrons. The third-order valence-electron chi connectivity index (χ3n) is 5.38. The quantitative estimate of drug-likeness (QED) is 0.325. The van der Waals surface area contributed by atoms with Gasteiger partial charge in [0.15, 0.2) is 5.96 Å². The van der Waals surface area contributed by atoms with Crippen molar-refractivity contribution in [3.8, 4) is 0 Å². The van der Waals surface area contributed by atoms with Crippen molar-refractivity contribution in [1.29, 1.82) is 0 Å². The molecule has 1 aliphatic carbocycles. The van der Waals surface area contributed by atoms with E-state index in [-0.39, 0.29) is 30.6 Å². The first-order valence-corrected chi connectivity index (χ1v) is 11.0. The van der Waals surface area contributed by atoms with Crippen molar-refractivity contribution < 1.29 is 5.11 Å². The van der Waals surface area contributed by atoms with Gasteiger partial charge in [-0.1, -0.05) is 32.6 Å². The van der Waals surface area contributed by atoms with Gasteiger partial charge in [-0.15, -0.1) is 24.0 Å². The molecule has 148 valence electrons. The number of aliphatic imine (C=N–C) groups is 1. The van der Waals surface area contributed by atoms with Crippen molar-refractivity contribution in [3.05, 3.63) is 0 Å². The van der Waals surface area contributed by atoms with Gasteiger partial charge < -0.3 is 15.3 Å². The maximum absolute atomic E-state index is 9.27. The second-order valence-electron chi connectivity index (χ2n) is 7.38. The van der Waals surface area contributed by atoms with Crippen LogP contribution >= 0.6 is 35.7 Å². The van der Waals surface area contributed by atoms with Crippen LogP contribution in [0.25, 0.3) is 0 Å². The number of hydrogen-bond donors (Lipinski definition) is 2. The predicted octanol–water partition coefficient (Wildman–Crippen LogP) is 4.12. The highest BCUT2D eigenvalue weighted by atomic mass is 127. The molecule has 1 atom stereocenters. The van der Waals surface area contributed by atoms with Gasteiger partial charge in [-0.25, -0.2) is 0 Å². The van der Waals surface area contributed by atoms with E-state index in [4.69, 9.17) is 4.99 Å². The largest absolute Gasteiger partial charge is 0.396 e. The Balaban J connectivity index is 0.00000312. The van der Waals surface area contributed by atoms with Crippen molar-refractivity contribution in [2.24, 2.45) is 10.9 Å². The van der Waals surface area contributed by atoms with Crippen molar-refractivity contribution in [3.63, 3.8) is 0 Å². The molecule has 0 amide bonds. The van der Waals surface area contributed by atoms with Crippen LogP contribution in [0.3, 0.4) is 0 Å². The normalized spacial score (nSPS) is 21.7. The molecule has 1 saturated heterocycles. The molecule has 1 unspecified atom stereocenters. The molecule has 0 aromatic rings. The summed E-state index contributed by atoms with van der Waals surface area (Å²) in [5.74, 6) is 2.83. The van der Waals surface area contributed by atoms with E-state index >= 15 is 0 Å². The van der Waals surface area contributed by atoms with E-state index in [1.54, 1.807) is 0 Å². The molecule has 0 aromatic heterocycles. The fourth-order valence-corrected chi connectivity index (χ4v) is 5.65. The molecule has 4 nitrogen and oxygen atoms in total. The third kappa shape index (κ3) is 7.45. The summed E-state index contributed by atoms with van der Waals surface area (Å²) in [4.78, 5) is 7.47. The first-order chi connectivity index (χ1) is 11.7. The molecule has 25 heavy (non-hydrogen) atoms. The Morgan fingerprint density at radius 2 is 2.00 bits per heavy atom. The number of halogens is 1. The topological polar surface area (TPSA) is 47.9 Å². The Labute approximate surface area is 176 Å². The Morgan fingerprint density at radius 3 is 2.64 bits per heavy atom. The monoisotopic (exact) mass is 483 g/mol. The summed E-state index contributed by atoms with van der Waals surface area (Å²) in [6.07, 6.45) is 10.1. The van der Waals surface area contributed by atoms with E-state index in [1.807, 2.05) is 0 Å². The zero-order valence-electron chi connectivity index (χ0n) is 16.1. The Hall–Kier alpha value is 0.310. The molecule has 6 heteroatoms. The molecule has 1 spiro atoms. The number of nitrogens with zero attached hydrogens (tertiary/aromatic N) is 2. The first-order valence-electron chi connectivity index (χ1n) is 10.0. The van der Waals surface area contributed by atoms with Gasteiger partial charge in [-0.05, 0) is 38.5 Å². The molecular formula is C19H38IN3OS. The third-order valence-corrected chi connectivity index (χ3v) is 6.92. The standard InChI is InChI=1S/C19H37N3OS.HI/c1-3-8-17(9-13-23)15-21-18(20-4-2)22-12-14-24-19(16-22)10-6-5-7-11-19;/h17,23H,3-16H2,1-2H3,(H,20,21);1H. The van der Waals surface area contributed by atoms with Gasteiger partial charge in [0.05, 0.1) is 0 Å². The highest BCUT2D eigenvalue weighted by molar-refractivity contribution is 14.0. The maximum Gasteiger partial charge on any atom is 0.193 e. The van der Waals surface area contributed by atoms with Gasteiger partial charge in [0.2, 0.25) is 0 Å². The molecule has 1 saturated carbocycles. The van der Waals surface area contributed by atoms with E-state index in [9.17, 15) is 5.11 Å². The average Bonchev–Trinajstić information content (AvgIpc) is 2.59. The van der Waals surface area contributed by atoms with E-state index in [2.05, 4.69) is 35.8 Å². The van der Waals surface area contributed by atoms with E-state index in [0.717, 1.165) is 45.0 Å². The number of hydrogen-bond acceptors (Lipinski definition) is 3. The minimum Gasteiger partial charge on any atom is -0.396 e. The van der Waals surface area contributed by atoms with Gasteiger partial charge in [0.25, 0.3) is 0 Å². The fraction of sp³-hybridized carbons (Fsp3) is 0.947. The number of aliphatic hydroxyl groups is 1. The van der Waals surface area contributed by atoms with Crippen LogP contribution in [0.2, 0.25) is 0 Å². The van der Waals surface area contributed by atoms with Gasteiger partial charge in [-0.3, -0.25) is 4.99 Å². The maximum atomic E-state index is 9.27. The number of nitrogens with one attached hydrogen (secondary N) is 1. The number of aliphatic hydroxyl groups excluding tert-OH is 1. The lowest BCUT2D eigenvalue weighted by molar-refractivity contribution is 0.252. The van der Waals surface area contributed by atoms with Crippen LogP contribution < -0.4 is 5.32 Å². The van der Waals surface area contributed by atoms with Crippen molar-refractivity contribution in [2.45, 2.75) is 70.0 Å². The van der Waals surface area contributed by atoms with Crippen LogP contribution in [-0.4, -0.2) is 59.3 Å². The van der Waals surface area contributed by atoms with Crippen LogP contribution in [0, 0.1) is 5.92 Å². The molecule has 2 N–H and O–H groups in total. The lowest BCUT2D eigenvalue weighted by Crippen LogP contribution is -2.53. The zero-order valence-corrected chi connectivity index (χ0v) is 19.3. The Bertz CT molecular complexity index is 377. The fourth-order valence-electron chi connectivity index (χ4n) is 4.08. The zero-order chi connectivity index (χ0) is 17.3. The molecule has 2 aliphatic rings. The second kappa shape index (κ2) is 12.7. The lowest BCUT2D eigenvalue weighted by atomic mass is 9.87. The minimum absolute atomic E-state index is 0. The number of guanidine groups is 1. The van der Waals surface area contributed by atoms with Crippen molar-refractivity contribution in [2.75, 3.05) is 38.5 Å². The average molecular weight is 484 g/mol. The van der Waals surface area contributed by atoms with Crippen molar-refractivity contribution >= 4 is 41.7 Å². The van der Waals surface area contributed by atoms with Crippen LogP contribution in [0.5, 0.6) is 0 Å². The van der Waals surface area contributed by atoms with Crippen LogP contribution in [-0.2, 0) is 0 Å². The minimum atomic E-state index is 0. The second-order valence-corrected chi connectivity index (χ2v) is 8.94. The lowest BCUT2D eigenvalue weighted by Gasteiger charge is -2.45. The molecule has 1 aliphatic heterocycles. The summed E-state index contributed by atoms with van der Waals surface area (Å²) in [7, 11) is 0. The van der Waals surface area contributed by atoms with Gasteiger partial charge >= 0.3 is 0 Å². The summed E-state index contributed by atoms with van der Waals surface area (Å²) in [6.45, 7) is 8.68. The predicted molar refractivity (Wildman–Crippen MR) is 121 cm³/mol. The first kappa shape index (κ1) is 23.3. The van der Waals surface area contributed by atoms with Gasteiger partial charge in [0.1, 0.15) is 0 Å². The molecular weight excluding hydrogens is 445 g/mol. The molecule has 2 rings (SSSR count). The highest BCUT2D eigenvalue weighted by Gasteiger charge is 2.38. The Morgan fingerprint density at radius 1 is 1.24 bits per heavy atom. The van der Waals surface area contributed by atoms with Crippen LogP contribution in [0.4, 0.5) is 0 Å². The molecule has 1 heterocycles. The smallest absolute Gasteiger partial charge is 0.193 e. The summed E-state index contributed by atoms with van der Waals surface area (Å²) in [5, 5.41) is 12.8. The van der Waals surface area contributed by atoms with Gasteiger partial charge in [0, 0.05) is 43.3 Å². The molecule has 0 bridgehead atoms. The van der Waals surface area contributed by atoms with Crippen molar-refractivity contribution in [1.82, 2.24) is 10.2 Å². The van der Waals surface area contributed by atoms with Crippen LogP contribution in [0.15, 0.2) is 4.99 Å². The van der Waals surface area contributed by atoms with E-state index < -0.39 is 0 Å². The summed E-state index contributed by atoms with van der Waals surface area (Å²) >= 11 is 2.21. The summed E-state index contributed by atoms with van der Waals surface area (Å²) < 4.78 is 0.473. The SMILES string of the molecule is CCCC(CCO)CN=C(NCC)N1CCSC2(CCCCC2)C1.I. The van der Waals surface area contributed by atoms with Crippen LogP contribution in [0.1, 0.15) is 65.2 Å². The highest BCUT2D eigenvalue weighted by Crippen LogP contribution is 2.42. The molecule has 0 aromatic carbocycles. The summed E-state index contributed by atoms with van der Waals surface area (Å²) in [6, 6.07) is 0.